The van der Waals surface area contributed by atoms with Crippen molar-refractivity contribution in [3.8, 4) is 6.07 Å². The molecule has 1 fully saturated rings. The van der Waals surface area contributed by atoms with E-state index in [9.17, 15) is 31.6 Å². The summed E-state index contributed by atoms with van der Waals surface area (Å²) in [5, 5.41) is 10.0. The van der Waals surface area contributed by atoms with Gasteiger partial charge in [-0.15, -0.1) is 0 Å². The maximum atomic E-state index is 13.5. The van der Waals surface area contributed by atoms with Crippen molar-refractivity contribution in [3.63, 3.8) is 0 Å². The van der Waals surface area contributed by atoms with Crippen LogP contribution in [0, 0.1) is 17.2 Å². The Bertz CT molecular complexity index is 973. The van der Waals surface area contributed by atoms with E-state index in [4.69, 9.17) is 0 Å². The van der Waals surface area contributed by atoms with Crippen LogP contribution in [-0.4, -0.2) is 25.0 Å². The van der Waals surface area contributed by atoms with E-state index in [0.29, 0.717) is 44.4 Å². The van der Waals surface area contributed by atoms with Gasteiger partial charge in [-0.1, -0.05) is 36.4 Å². The fraction of sp³-hybridized carbons (Fsp3) is 0.480. The Morgan fingerprint density at radius 1 is 0.909 bits per heavy atom. The molecular weight excluding hydrogens is 442 g/mol. The molecule has 0 amide bonds. The van der Waals surface area contributed by atoms with Crippen LogP contribution in [0.4, 0.5) is 26.3 Å². The number of halogens is 6. The van der Waals surface area contributed by atoms with E-state index in [1.807, 2.05) is 37.4 Å². The van der Waals surface area contributed by atoms with Crippen LogP contribution in [0.5, 0.6) is 0 Å². The van der Waals surface area contributed by atoms with Crippen LogP contribution in [0.15, 0.2) is 48.5 Å². The highest BCUT2D eigenvalue weighted by Crippen LogP contribution is 2.51. The zero-order valence-electron chi connectivity index (χ0n) is 18.3. The van der Waals surface area contributed by atoms with Crippen LogP contribution in [0.1, 0.15) is 47.9 Å². The van der Waals surface area contributed by atoms with Gasteiger partial charge in [0.05, 0.1) is 22.6 Å². The van der Waals surface area contributed by atoms with Gasteiger partial charge in [0.25, 0.3) is 0 Å². The minimum Gasteiger partial charge on any atom is -0.306 e. The molecule has 0 bridgehead atoms. The fourth-order valence-corrected chi connectivity index (χ4v) is 4.38. The van der Waals surface area contributed by atoms with Crippen molar-refractivity contribution in [2.45, 2.75) is 49.9 Å². The molecule has 2 nitrogen and oxygen atoms in total. The van der Waals surface area contributed by atoms with E-state index in [1.54, 1.807) is 0 Å². The molecule has 0 aliphatic heterocycles. The predicted octanol–water partition coefficient (Wildman–Crippen LogP) is 6.85. The third-order valence-electron chi connectivity index (χ3n) is 6.36. The van der Waals surface area contributed by atoms with E-state index < -0.39 is 28.9 Å². The quantitative estimate of drug-likeness (QED) is 0.377. The molecule has 0 N–H and O–H groups in total. The lowest BCUT2D eigenvalue weighted by atomic mass is 9.73. The van der Waals surface area contributed by atoms with Crippen molar-refractivity contribution in [2.75, 3.05) is 20.1 Å². The number of hydrogen-bond donors (Lipinski definition) is 0. The molecule has 0 spiro atoms. The molecule has 1 unspecified atom stereocenters. The number of hydrogen-bond acceptors (Lipinski definition) is 2. The van der Waals surface area contributed by atoms with Crippen LogP contribution < -0.4 is 0 Å². The van der Waals surface area contributed by atoms with Crippen molar-refractivity contribution >= 4 is 0 Å². The first kappa shape index (κ1) is 25.1. The van der Waals surface area contributed by atoms with Gasteiger partial charge in [0.2, 0.25) is 0 Å². The van der Waals surface area contributed by atoms with Gasteiger partial charge < -0.3 is 4.90 Å². The molecule has 0 saturated heterocycles. The molecule has 8 heteroatoms. The topological polar surface area (TPSA) is 27.0 Å². The van der Waals surface area contributed by atoms with Crippen LogP contribution in [0.2, 0.25) is 0 Å². The Balaban J connectivity index is 1.76. The first-order chi connectivity index (χ1) is 15.5. The molecule has 3 rings (SSSR count). The van der Waals surface area contributed by atoms with Gasteiger partial charge in [0, 0.05) is 6.54 Å². The standard InChI is InChI=1S/C25H26F6N2/c1-33(15-12-18-6-3-2-4-7-18)14-5-13-23(17-32,19-8-9-19)20-10-11-21(24(26,27)28)22(16-20)25(29,30)31/h2-4,6-7,10-11,16,19H,5,8-9,12-15H2,1H3. The van der Waals surface area contributed by atoms with Crippen molar-refractivity contribution in [1.82, 2.24) is 4.90 Å². The molecule has 0 heterocycles. The summed E-state index contributed by atoms with van der Waals surface area (Å²) in [5.41, 5.74) is -3.45. The van der Waals surface area contributed by atoms with Gasteiger partial charge in [-0.05, 0) is 74.9 Å². The first-order valence-corrected chi connectivity index (χ1v) is 10.9. The zero-order valence-corrected chi connectivity index (χ0v) is 18.3. The van der Waals surface area contributed by atoms with Gasteiger partial charge in [-0.25, -0.2) is 0 Å². The summed E-state index contributed by atoms with van der Waals surface area (Å²) in [6.45, 7) is 1.42. The number of alkyl halides is 6. The van der Waals surface area contributed by atoms with Crippen molar-refractivity contribution in [3.05, 3.63) is 70.8 Å². The fourth-order valence-electron chi connectivity index (χ4n) is 4.38. The zero-order chi connectivity index (χ0) is 24.3. The first-order valence-electron chi connectivity index (χ1n) is 10.9. The van der Waals surface area contributed by atoms with Gasteiger partial charge in [-0.2, -0.15) is 31.6 Å². The molecule has 2 aromatic carbocycles. The second-order valence-corrected chi connectivity index (χ2v) is 8.76. The predicted molar refractivity (Wildman–Crippen MR) is 113 cm³/mol. The summed E-state index contributed by atoms with van der Waals surface area (Å²) in [6.07, 6.45) is -7.23. The van der Waals surface area contributed by atoms with Crippen LogP contribution in [0.25, 0.3) is 0 Å². The smallest absolute Gasteiger partial charge is 0.306 e. The lowest BCUT2D eigenvalue weighted by Crippen LogP contribution is -2.30. The molecule has 1 atom stereocenters. The van der Waals surface area contributed by atoms with E-state index in [0.717, 1.165) is 19.0 Å². The van der Waals surface area contributed by atoms with Crippen molar-refractivity contribution in [1.29, 1.82) is 5.26 Å². The highest BCUT2D eigenvalue weighted by Gasteiger charge is 2.49. The maximum Gasteiger partial charge on any atom is 0.417 e. The summed E-state index contributed by atoms with van der Waals surface area (Å²) in [6, 6.07) is 14.2. The summed E-state index contributed by atoms with van der Waals surface area (Å²) < 4.78 is 79.9. The molecular formula is C25H26F6N2. The molecule has 33 heavy (non-hydrogen) atoms. The number of rotatable bonds is 9. The largest absolute Gasteiger partial charge is 0.417 e. The van der Waals surface area contributed by atoms with E-state index in [2.05, 4.69) is 11.0 Å². The Labute approximate surface area is 189 Å². The third-order valence-corrected chi connectivity index (χ3v) is 6.36. The van der Waals surface area contributed by atoms with E-state index in [1.165, 1.54) is 5.56 Å². The van der Waals surface area contributed by atoms with Crippen LogP contribution in [-0.2, 0) is 24.2 Å². The Kier molecular flexibility index (Phi) is 7.42. The lowest BCUT2D eigenvalue weighted by molar-refractivity contribution is -0.162. The summed E-state index contributed by atoms with van der Waals surface area (Å²) in [4.78, 5) is 2.09. The van der Waals surface area contributed by atoms with E-state index in [-0.39, 0.29) is 11.5 Å². The Hall–Kier alpha value is -2.53. The van der Waals surface area contributed by atoms with Crippen LogP contribution >= 0.6 is 0 Å². The molecule has 178 valence electrons. The second-order valence-electron chi connectivity index (χ2n) is 8.76. The molecule has 2 aromatic rings. The SMILES string of the molecule is CN(CCCC(C#N)(c1ccc(C(F)(F)F)c(C(F)(F)F)c1)C1CC1)CCc1ccccc1. The molecule has 0 radical (unpaired) electrons. The monoisotopic (exact) mass is 468 g/mol. The third kappa shape index (κ3) is 6.08. The number of nitrogens with zero attached hydrogens (tertiary/aromatic N) is 2. The minimum absolute atomic E-state index is 0.0276. The molecule has 1 aliphatic rings. The van der Waals surface area contributed by atoms with Crippen molar-refractivity contribution in [2.24, 2.45) is 5.92 Å². The normalized spacial score (nSPS) is 16.5. The summed E-state index contributed by atoms with van der Waals surface area (Å²) in [7, 11) is 1.94. The molecule has 1 aliphatic carbocycles. The number of nitriles is 1. The highest BCUT2D eigenvalue weighted by atomic mass is 19.4. The maximum absolute atomic E-state index is 13.5. The molecule has 0 aromatic heterocycles. The average Bonchev–Trinajstić information content (AvgIpc) is 3.60. The lowest BCUT2D eigenvalue weighted by Gasteiger charge is -2.30. The number of likely N-dealkylation sites (N-methyl/N-ethyl adjacent to an activating group) is 1. The summed E-state index contributed by atoms with van der Waals surface area (Å²) >= 11 is 0. The molecule has 1 saturated carbocycles. The van der Waals surface area contributed by atoms with Gasteiger partial charge in [-0.3, -0.25) is 0 Å². The van der Waals surface area contributed by atoms with Gasteiger partial charge >= 0.3 is 12.4 Å². The number of benzene rings is 2. The van der Waals surface area contributed by atoms with Gasteiger partial charge in [0.15, 0.2) is 0 Å². The Morgan fingerprint density at radius 2 is 1.55 bits per heavy atom. The van der Waals surface area contributed by atoms with E-state index >= 15 is 0 Å². The average molecular weight is 468 g/mol. The van der Waals surface area contributed by atoms with Crippen molar-refractivity contribution < 1.29 is 26.3 Å². The second kappa shape index (κ2) is 9.76. The summed E-state index contributed by atoms with van der Waals surface area (Å²) in [5.74, 6) is -0.144. The van der Waals surface area contributed by atoms with Gasteiger partial charge in [0.1, 0.15) is 0 Å². The highest BCUT2D eigenvalue weighted by molar-refractivity contribution is 5.43. The Morgan fingerprint density at radius 3 is 2.09 bits per heavy atom. The minimum atomic E-state index is -5.16. The van der Waals surface area contributed by atoms with Crippen LogP contribution in [0.3, 0.4) is 0 Å².